The number of hydrogen-bond donors (Lipinski definition) is 1. The van der Waals surface area contributed by atoms with Crippen LogP contribution in [0.5, 0.6) is 0 Å². The van der Waals surface area contributed by atoms with Crippen LogP contribution in [-0.2, 0) is 4.79 Å². The molecule has 0 spiro atoms. The fourth-order valence-electron chi connectivity index (χ4n) is 1.68. The van der Waals surface area contributed by atoms with Gasteiger partial charge < -0.3 is 5.11 Å². The number of aryl methyl sites for hydroxylation is 1. The van der Waals surface area contributed by atoms with Crippen LogP contribution >= 0.6 is 23.1 Å². The second-order valence-corrected chi connectivity index (χ2v) is 5.70. The molecule has 0 aromatic carbocycles. The van der Waals surface area contributed by atoms with Gasteiger partial charge in [-0.1, -0.05) is 17.8 Å². The normalized spacial score (nSPS) is 12.6. The first-order chi connectivity index (χ1) is 8.59. The molecule has 2 aromatic rings. The molecule has 1 atom stereocenters. The Morgan fingerprint density at radius 2 is 2.39 bits per heavy atom. The summed E-state index contributed by atoms with van der Waals surface area (Å²) < 4.78 is 1.97. The molecule has 2 rings (SSSR count). The molecule has 18 heavy (non-hydrogen) atoms. The fourth-order valence-corrected chi connectivity index (χ4v) is 3.23. The first kappa shape index (κ1) is 13.1. The van der Waals surface area contributed by atoms with Crippen LogP contribution in [0, 0.1) is 6.92 Å². The second-order valence-electron chi connectivity index (χ2n) is 3.77. The van der Waals surface area contributed by atoms with E-state index in [1.54, 1.807) is 11.3 Å². The Bertz CT molecular complexity index is 536. The number of rotatable bonds is 5. The molecule has 0 aliphatic carbocycles. The Morgan fingerprint density at radius 1 is 1.61 bits per heavy atom. The molecule has 2 aromatic heterocycles. The Balaban J connectivity index is 2.26. The van der Waals surface area contributed by atoms with Gasteiger partial charge in [-0.2, -0.15) is 0 Å². The Labute approximate surface area is 113 Å². The Kier molecular flexibility index (Phi) is 4.03. The third-order valence-electron chi connectivity index (χ3n) is 2.50. The maximum absolute atomic E-state index is 10.6. The Morgan fingerprint density at radius 3 is 3.00 bits per heavy atom. The van der Waals surface area contributed by atoms with Crippen molar-refractivity contribution in [3.63, 3.8) is 0 Å². The molecule has 0 saturated carbocycles. The summed E-state index contributed by atoms with van der Waals surface area (Å²) in [6.45, 7) is 3.94. The second kappa shape index (κ2) is 5.53. The SMILES string of the molecule is Cc1nnc(SCC(=O)O)n1C(C)c1cccs1. The van der Waals surface area contributed by atoms with Gasteiger partial charge in [0.25, 0.3) is 0 Å². The topological polar surface area (TPSA) is 68.0 Å². The van der Waals surface area contributed by atoms with E-state index in [0.29, 0.717) is 5.16 Å². The predicted octanol–water partition coefficient (Wildman–Crippen LogP) is 2.43. The molecular formula is C11H13N3O2S2. The maximum atomic E-state index is 10.6. The standard InChI is InChI=1S/C11H13N3O2S2/c1-7(9-4-3-5-17-9)14-8(2)12-13-11(14)18-6-10(15)16/h3-5,7H,6H2,1-2H3,(H,15,16). The molecule has 1 N–H and O–H groups in total. The van der Waals surface area contributed by atoms with Gasteiger partial charge in [-0.15, -0.1) is 21.5 Å². The lowest BCUT2D eigenvalue weighted by Crippen LogP contribution is -2.10. The highest BCUT2D eigenvalue weighted by molar-refractivity contribution is 7.99. The van der Waals surface area contributed by atoms with E-state index < -0.39 is 5.97 Å². The van der Waals surface area contributed by atoms with Gasteiger partial charge in [0.05, 0.1) is 11.8 Å². The van der Waals surface area contributed by atoms with Gasteiger partial charge >= 0.3 is 5.97 Å². The highest BCUT2D eigenvalue weighted by atomic mass is 32.2. The average molecular weight is 283 g/mol. The molecule has 0 amide bonds. The molecule has 5 nitrogen and oxygen atoms in total. The molecule has 0 fully saturated rings. The van der Waals surface area contributed by atoms with E-state index in [-0.39, 0.29) is 11.8 Å². The summed E-state index contributed by atoms with van der Waals surface area (Å²) >= 11 is 2.87. The number of aliphatic carboxylic acids is 1. The quantitative estimate of drug-likeness (QED) is 0.854. The third-order valence-corrected chi connectivity index (χ3v) is 4.47. The van der Waals surface area contributed by atoms with Crippen LogP contribution in [0.15, 0.2) is 22.7 Å². The van der Waals surface area contributed by atoms with E-state index in [1.165, 1.54) is 16.6 Å². The highest BCUT2D eigenvalue weighted by Crippen LogP contribution is 2.28. The van der Waals surface area contributed by atoms with E-state index in [0.717, 1.165) is 5.82 Å². The van der Waals surface area contributed by atoms with Gasteiger partial charge in [-0.05, 0) is 25.3 Å². The molecule has 0 aliphatic rings. The molecule has 96 valence electrons. The summed E-state index contributed by atoms with van der Waals surface area (Å²) in [6.07, 6.45) is 0. The van der Waals surface area contributed by atoms with Gasteiger partial charge in [-0.3, -0.25) is 9.36 Å². The zero-order chi connectivity index (χ0) is 13.1. The lowest BCUT2D eigenvalue weighted by atomic mass is 10.3. The molecule has 1 unspecified atom stereocenters. The van der Waals surface area contributed by atoms with Gasteiger partial charge in [0.15, 0.2) is 5.16 Å². The predicted molar refractivity (Wildman–Crippen MR) is 71.3 cm³/mol. The molecule has 0 saturated heterocycles. The van der Waals surface area contributed by atoms with E-state index in [1.807, 2.05) is 22.9 Å². The number of carboxylic acids is 1. The zero-order valence-corrected chi connectivity index (χ0v) is 11.7. The molecule has 0 aliphatic heterocycles. The van der Waals surface area contributed by atoms with Gasteiger partial charge in [0, 0.05) is 4.88 Å². The number of hydrogen-bond acceptors (Lipinski definition) is 5. The number of carboxylic acid groups (broad SMARTS) is 1. The smallest absolute Gasteiger partial charge is 0.313 e. The van der Waals surface area contributed by atoms with E-state index in [4.69, 9.17) is 5.11 Å². The van der Waals surface area contributed by atoms with Crippen LogP contribution < -0.4 is 0 Å². The maximum Gasteiger partial charge on any atom is 0.313 e. The van der Waals surface area contributed by atoms with Crippen molar-refractivity contribution in [2.75, 3.05) is 5.75 Å². The molecule has 0 radical (unpaired) electrons. The number of aromatic nitrogens is 3. The van der Waals surface area contributed by atoms with Crippen LogP contribution in [0.4, 0.5) is 0 Å². The minimum atomic E-state index is -0.851. The molecule has 2 heterocycles. The number of thioether (sulfide) groups is 1. The van der Waals surface area contributed by atoms with Crippen molar-refractivity contribution in [2.24, 2.45) is 0 Å². The van der Waals surface area contributed by atoms with E-state index >= 15 is 0 Å². The minimum Gasteiger partial charge on any atom is -0.481 e. The fraction of sp³-hybridized carbons (Fsp3) is 0.364. The van der Waals surface area contributed by atoms with Crippen molar-refractivity contribution >= 4 is 29.1 Å². The summed E-state index contributed by atoms with van der Waals surface area (Å²) in [4.78, 5) is 11.8. The van der Waals surface area contributed by atoms with Crippen LogP contribution in [0.1, 0.15) is 23.7 Å². The van der Waals surface area contributed by atoms with Crippen molar-refractivity contribution in [2.45, 2.75) is 25.0 Å². The van der Waals surface area contributed by atoms with Crippen molar-refractivity contribution in [3.05, 3.63) is 28.2 Å². The number of thiophene rings is 1. The van der Waals surface area contributed by atoms with Gasteiger partial charge in [0.1, 0.15) is 5.82 Å². The van der Waals surface area contributed by atoms with E-state index in [2.05, 4.69) is 23.2 Å². The molecular weight excluding hydrogens is 270 g/mol. The summed E-state index contributed by atoms with van der Waals surface area (Å²) in [5.41, 5.74) is 0. The first-order valence-corrected chi connectivity index (χ1v) is 7.25. The molecule has 7 heteroatoms. The van der Waals surface area contributed by atoms with Crippen molar-refractivity contribution < 1.29 is 9.90 Å². The van der Waals surface area contributed by atoms with Crippen molar-refractivity contribution in [1.82, 2.24) is 14.8 Å². The van der Waals surface area contributed by atoms with Crippen molar-refractivity contribution in [1.29, 1.82) is 0 Å². The first-order valence-electron chi connectivity index (χ1n) is 5.39. The van der Waals surface area contributed by atoms with E-state index in [9.17, 15) is 4.79 Å². The van der Waals surface area contributed by atoms with Crippen LogP contribution in [0.3, 0.4) is 0 Å². The molecule has 0 bridgehead atoms. The third kappa shape index (κ3) is 2.73. The van der Waals surface area contributed by atoms with Crippen LogP contribution in [-0.4, -0.2) is 31.6 Å². The summed E-state index contributed by atoms with van der Waals surface area (Å²) in [7, 11) is 0. The average Bonchev–Trinajstić information content (AvgIpc) is 2.94. The van der Waals surface area contributed by atoms with Gasteiger partial charge in [0.2, 0.25) is 0 Å². The Hall–Kier alpha value is -1.34. The van der Waals surface area contributed by atoms with Crippen LogP contribution in [0.25, 0.3) is 0 Å². The minimum absolute atomic E-state index is 0.00467. The summed E-state index contributed by atoms with van der Waals surface area (Å²) in [5.74, 6) is -0.0604. The highest BCUT2D eigenvalue weighted by Gasteiger charge is 2.18. The summed E-state index contributed by atoms with van der Waals surface area (Å²) in [5, 5.41) is 19.5. The number of carbonyl (C=O) groups is 1. The van der Waals surface area contributed by atoms with Crippen LogP contribution in [0.2, 0.25) is 0 Å². The monoisotopic (exact) mass is 283 g/mol. The van der Waals surface area contributed by atoms with Gasteiger partial charge in [-0.25, -0.2) is 0 Å². The van der Waals surface area contributed by atoms with Crippen molar-refractivity contribution in [3.8, 4) is 0 Å². The number of nitrogens with zero attached hydrogens (tertiary/aromatic N) is 3. The summed E-state index contributed by atoms with van der Waals surface area (Å²) in [6, 6.07) is 4.18. The largest absolute Gasteiger partial charge is 0.481 e. The lowest BCUT2D eigenvalue weighted by molar-refractivity contribution is -0.133. The lowest BCUT2D eigenvalue weighted by Gasteiger charge is -2.15. The zero-order valence-electron chi connectivity index (χ0n) is 10.0.